The summed E-state index contributed by atoms with van der Waals surface area (Å²) in [7, 11) is 0. The smallest absolute Gasteiger partial charge is 0.321 e. The van der Waals surface area contributed by atoms with Crippen molar-refractivity contribution in [1.82, 2.24) is 15.1 Å². The van der Waals surface area contributed by atoms with Crippen molar-refractivity contribution in [3.8, 4) is 0 Å². The number of hydrogen-bond acceptors (Lipinski definition) is 4. The van der Waals surface area contributed by atoms with E-state index in [1.54, 1.807) is 9.80 Å². The summed E-state index contributed by atoms with van der Waals surface area (Å²) in [5.74, 6) is -0.257. The van der Waals surface area contributed by atoms with Gasteiger partial charge in [-0.2, -0.15) is 0 Å². The van der Waals surface area contributed by atoms with Crippen LogP contribution in [0.1, 0.15) is 36.9 Å². The van der Waals surface area contributed by atoms with Gasteiger partial charge in [-0.3, -0.25) is 9.59 Å². The van der Waals surface area contributed by atoms with E-state index in [9.17, 15) is 14.4 Å². The van der Waals surface area contributed by atoms with Crippen LogP contribution < -0.4 is 15.5 Å². The van der Waals surface area contributed by atoms with E-state index >= 15 is 0 Å². The Bertz CT molecular complexity index is 1320. The SMILES string of the molecule is Cc1cccc(NC(=O)N2CCC3(CC2)C(=O)N(CC(=O)N[C@@H](C)c2ccccc2)CN3c2ccccc2)c1. The van der Waals surface area contributed by atoms with E-state index in [2.05, 4.69) is 15.5 Å². The Kier molecular flexibility index (Phi) is 7.54. The molecule has 2 saturated heterocycles. The van der Waals surface area contributed by atoms with Crippen molar-refractivity contribution < 1.29 is 14.4 Å². The van der Waals surface area contributed by atoms with Crippen molar-refractivity contribution in [3.63, 3.8) is 0 Å². The summed E-state index contributed by atoms with van der Waals surface area (Å²) in [4.78, 5) is 45.5. The summed E-state index contributed by atoms with van der Waals surface area (Å²) < 4.78 is 0. The molecule has 1 spiro atoms. The highest BCUT2D eigenvalue weighted by molar-refractivity contribution is 5.97. The summed E-state index contributed by atoms with van der Waals surface area (Å²) in [5.41, 5.74) is 2.97. The summed E-state index contributed by atoms with van der Waals surface area (Å²) in [6.45, 7) is 5.12. The number of carbonyl (C=O) groups is 3. The summed E-state index contributed by atoms with van der Waals surface area (Å²) in [6, 6.07) is 27.0. The van der Waals surface area contributed by atoms with Crippen LogP contribution in [-0.2, 0) is 9.59 Å². The Morgan fingerprint density at radius 2 is 1.59 bits per heavy atom. The van der Waals surface area contributed by atoms with Crippen molar-refractivity contribution in [1.29, 1.82) is 0 Å². The average Bonchev–Trinajstić information content (AvgIpc) is 3.20. The molecule has 0 radical (unpaired) electrons. The molecule has 1 atom stereocenters. The van der Waals surface area contributed by atoms with Gasteiger partial charge >= 0.3 is 6.03 Å². The standard InChI is InChI=1S/C31H35N5O3/c1-23-10-9-13-26(20-23)33-30(39)34-18-16-31(17-19-34)29(38)35(22-36(31)27-14-7-4-8-15-27)21-28(37)32-24(2)25-11-5-3-6-12-25/h3-15,20,24H,16-19,21-22H2,1-2H3,(H,32,37)(H,33,39)/t24-/m0/s1. The normalized spacial score (nSPS) is 17.3. The van der Waals surface area contributed by atoms with Gasteiger partial charge in [0.15, 0.2) is 0 Å². The fourth-order valence-electron chi connectivity index (χ4n) is 5.61. The highest BCUT2D eigenvalue weighted by atomic mass is 16.2. The first-order chi connectivity index (χ1) is 18.9. The Morgan fingerprint density at radius 1 is 0.923 bits per heavy atom. The highest BCUT2D eigenvalue weighted by Gasteiger charge is 2.54. The van der Waals surface area contributed by atoms with Crippen molar-refractivity contribution >= 4 is 29.2 Å². The molecule has 8 heteroatoms. The van der Waals surface area contributed by atoms with Gasteiger partial charge < -0.3 is 25.3 Å². The third-order valence-corrected chi connectivity index (χ3v) is 7.74. The van der Waals surface area contributed by atoms with E-state index in [1.165, 1.54) is 0 Å². The molecule has 5 rings (SSSR count). The van der Waals surface area contributed by atoms with Crippen LogP contribution in [-0.4, -0.2) is 59.5 Å². The summed E-state index contributed by atoms with van der Waals surface area (Å²) >= 11 is 0. The second-order valence-electron chi connectivity index (χ2n) is 10.4. The van der Waals surface area contributed by atoms with E-state index < -0.39 is 5.54 Å². The predicted molar refractivity (Wildman–Crippen MR) is 152 cm³/mol. The molecule has 2 fully saturated rings. The van der Waals surface area contributed by atoms with Crippen LogP contribution in [0.4, 0.5) is 16.2 Å². The predicted octanol–water partition coefficient (Wildman–Crippen LogP) is 4.55. The van der Waals surface area contributed by atoms with E-state index in [0.717, 1.165) is 22.5 Å². The number of nitrogens with zero attached hydrogens (tertiary/aromatic N) is 3. The zero-order chi connectivity index (χ0) is 27.4. The minimum absolute atomic E-state index is 0.0152. The summed E-state index contributed by atoms with van der Waals surface area (Å²) in [6.07, 6.45) is 0.973. The van der Waals surface area contributed by atoms with Gasteiger partial charge in [0.2, 0.25) is 5.91 Å². The number of urea groups is 1. The number of piperidine rings is 1. The molecule has 3 aromatic rings. The number of carbonyl (C=O) groups excluding carboxylic acids is 3. The Labute approximate surface area is 229 Å². The van der Waals surface area contributed by atoms with Gasteiger partial charge in [-0.15, -0.1) is 0 Å². The Morgan fingerprint density at radius 3 is 2.26 bits per heavy atom. The Hall–Kier alpha value is -4.33. The van der Waals surface area contributed by atoms with Crippen molar-refractivity contribution in [2.45, 2.75) is 38.3 Å². The van der Waals surface area contributed by atoms with Gasteiger partial charge in [0.05, 0.1) is 12.7 Å². The lowest BCUT2D eigenvalue weighted by atomic mass is 9.85. The molecule has 0 aromatic heterocycles. The lowest BCUT2D eigenvalue weighted by Gasteiger charge is -2.43. The summed E-state index contributed by atoms with van der Waals surface area (Å²) in [5, 5.41) is 6.00. The largest absolute Gasteiger partial charge is 0.348 e. The number of rotatable bonds is 6. The van der Waals surface area contributed by atoms with Crippen LogP contribution in [0.2, 0.25) is 0 Å². The molecule has 0 bridgehead atoms. The van der Waals surface area contributed by atoms with Crippen LogP contribution in [0.25, 0.3) is 0 Å². The number of aryl methyl sites for hydroxylation is 1. The molecule has 2 aliphatic rings. The van der Waals surface area contributed by atoms with Crippen LogP contribution in [0.3, 0.4) is 0 Å². The molecule has 2 N–H and O–H groups in total. The molecule has 4 amide bonds. The van der Waals surface area contributed by atoms with Gasteiger partial charge in [-0.25, -0.2) is 4.79 Å². The highest BCUT2D eigenvalue weighted by Crippen LogP contribution is 2.39. The van der Waals surface area contributed by atoms with E-state index in [0.29, 0.717) is 32.6 Å². The third kappa shape index (κ3) is 5.60. The first-order valence-electron chi connectivity index (χ1n) is 13.4. The minimum atomic E-state index is -0.799. The fraction of sp³-hybridized carbons (Fsp3) is 0.323. The second kappa shape index (κ2) is 11.2. The molecule has 0 unspecified atom stereocenters. The van der Waals surface area contributed by atoms with E-state index in [4.69, 9.17) is 0 Å². The number of para-hydroxylation sites is 1. The molecule has 0 saturated carbocycles. The number of benzene rings is 3. The maximum absolute atomic E-state index is 13.9. The van der Waals surface area contributed by atoms with Gasteiger partial charge in [0.25, 0.3) is 5.91 Å². The molecular weight excluding hydrogens is 490 g/mol. The molecule has 2 aliphatic heterocycles. The third-order valence-electron chi connectivity index (χ3n) is 7.74. The molecule has 8 nitrogen and oxygen atoms in total. The van der Waals surface area contributed by atoms with Crippen LogP contribution in [0.15, 0.2) is 84.9 Å². The van der Waals surface area contributed by atoms with Crippen LogP contribution >= 0.6 is 0 Å². The van der Waals surface area contributed by atoms with Crippen molar-refractivity contribution in [3.05, 3.63) is 96.1 Å². The van der Waals surface area contributed by atoms with E-state index in [-0.39, 0.29) is 30.4 Å². The number of likely N-dealkylation sites (tertiary alicyclic amines) is 1. The Balaban J connectivity index is 1.29. The topological polar surface area (TPSA) is 85.0 Å². The van der Waals surface area contributed by atoms with Gasteiger partial charge in [-0.05, 0) is 62.1 Å². The number of nitrogens with one attached hydrogen (secondary N) is 2. The zero-order valence-corrected chi connectivity index (χ0v) is 22.5. The minimum Gasteiger partial charge on any atom is -0.348 e. The molecular formula is C31H35N5O3. The van der Waals surface area contributed by atoms with Gasteiger partial charge in [-0.1, -0.05) is 60.7 Å². The molecule has 2 heterocycles. The fourth-order valence-corrected chi connectivity index (χ4v) is 5.61. The monoisotopic (exact) mass is 525 g/mol. The first-order valence-corrected chi connectivity index (χ1v) is 13.4. The van der Waals surface area contributed by atoms with Crippen molar-refractivity contribution in [2.24, 2.45) is 0 Å². The van der Waals surface area contributed by atoms with Gasteiger partial charge in [0.1, 0.15) is 12.1 Å². The number of anilines is 2. The second-order valence-corrected chi connectivity index (χ2v) is 10.4. The number of amides is 4. The van der Waals surface area contributed by atoms with Crippen LogP contribution in [0.5, 0.6) is 0 Å². The van der Waals surface area contributed by atoms with Crippen molar-refractivity contribution in [2.75, 3.05) is 36.5 Å². The molecule has 202 valence electrons. The maximum Gasteiger partial charge on any atom is 0.321 e. The lowest BCUT2D eigenvalue weighted by Crippen LogP contribution is -2.58. The quantitative estimate of drug-likeness (QED) is 0.495. The zero-order valence-electron chi connectivity index (χ0n) is 22.5. The lowest BCUT2D eigenvalue weighted by molar-refractivity contribution is -0.137. The molecule has 39 heavy (non-hydrogen) atoms. The van der Waals surface area contributed by atoms with Gasteiger partial charge in [0, 0.05) is 24.5 Å². The average molecular weight is 526 g/mol. The molecule has 3 aromatic carbocycles. The van der Waals surface area contributed by atoms with Crippen LogP contribution in [0, 0.1) is 6.92 Å². The maximum atomic E-state index is 13.9. The first kappa shape index (κ1) is 26.3. The van der Waals surface area contributed by atoms with E-state index in [1.807, 2.05) is 98.8 Å². The number of hydrogen-bond donors (Lipinski definition) is 2. The molecule has 0 aliphatic carbocycles.